The Hall–Kier alpha value is -2.35. The molecule has 3 aromatic rings. The summed E-state index contributed by atoms with van der Waals surface area (Å²) in [5.74, 6) is -0.473. The van der Waals surface area contributed by atoms with E-state index in [1.54, 1.807) is 6.07 Å². The number of rotatable bonds is 4. The highest BCUT2D eigenvalue weighted by Crippen LogP contribution is 2.39. The van der Waals surface area contributed by atoms with Gasteiger partial charge in [-0.1, -0.05) is 6.07 Å². The second-order valence-electron chi connectivity index (χ2n) is 7.28. The fourth-order valence-corrected chi connectivity index (χ4v) is 4.21. The van der Waals surface area contributed by atoms with Crippen molar-refractivity contribution in [1.82, 2.24) is 14.5 Å². The molecule has 0 unspecified atom stereocenters. The van der Waals surface area contributed by atoms with E-state index in [1.807, 2.05) is 23.8 Å². The number of aliphatic hydroxyl groups excluding tert-OH is 2. The van der Waals surface area contributed by atoms with Crippen molar-refractivity contribution in [3.63, 3.8) is 0 Å². The fourth-order valence-electron chi connectivity index (χ4n) is 4.21. The largest absolute Gasteiger partial charge is 0.390 e. The Morgan fingerprint density at radius 2 is 2.00 bits per heavy atom. The first-order valence-electron chi connectivity index (χ1n) is 9.11. The van der Waals surface area contributed by atoms with Crippen molar-refractivity contribution < 1.29 is 14.6 Å². The van der Waals surface area contributed by atoms with Gasteiger partial charge >= 0.3 is 0 Å². The number of aliphatic hydroxyl groups is 2. The molecule has 4 N–H and O–H groups in total. The number of aryl methyl sites for hydroxylation is 1. The van der Waals surface area contributed by atoms with Gasteiger partial charge in [-0.25, -0.2) is 14.4 Å². The zero-order valence-electron chi connectivity index (χ0n) is 15.1. The second-order valence-corrected chi connectivity index (χ2v) is 7.28. The molecule has 2 aromatic heterocycles. The Morgan fingerprint density at radius 1 is 1.19 bits per heavy atom. The van der Waals surface area contributed by atoms with Crippen LogP contribution in [-0.4, -0.2) is 37.0 Å². The molecule has 0 aliphatic heterocycles. The third-order valence-electron chi connectivity index (χ3n) is 5.71. The molecule has 0 bridgehead atoms. The van der Waals surface area contributed by atoms with E-state index >= 15 is 0 Å². The molecule has 7 heteroatoms. The summed E-state index contributed by atoms with van der Waals surface area (Å²) in [4.78, 5) is 8.55. The number of benzene rings is 1. The summed E-state index contributed by atoms with van der Waals surface area (Å²) >= 11 is 0. The highest BCUT2D eigenvalue weighted by molar-refractivity contribution is 5.78. The Morgan fingerprint density at radius 3 is 2.78 bits per heavy atom. The van der Waals surface area contributed by atoms with E-state index in [9.17, 15) is 14.6 Å². The minimum atomic E-state index is -0.900. The predicted octanol–water partition coefficient (Wildman–Crippen LogP) is 1.86. The molecular formula is C20H23FN4O2. The Labute approximate surface area is 156 Å². The first-order chi connectivity index (χ1) is 13.0. The van der Waals surface area contributed by atoms with Gasteiger partial charge in [0, 0.05) is 18.1 Å². The third kappa shape index (κ3) is 3.12. The lowest BCUT2D eigenvalue weighted by Gasteiger charge is -2.19. The molecule has 0 saturated heterocycles. The molecule has 2 heterocycles. The number of hydrogen-bond donors (Lipinski definition) is 3. The van der Waals surface area contributed by atoms with E-state index in [0.29, 0.717) is 12.8 Å². The highest BCUT2D eigenvalue weighted by atomic mass is 19.1. The lowest BCUT2D eigenvalue weighted by atomic mass is 9.92. The van der Waals surface area contributed by atoms with Crippen molar-refractivity contribution in [2.24, 2.45) is 11.7 Å². The SMILES string of the molecule is Cc1ncnc2c1ccn2[C@@H]1C[C@H](Cc2ccc(F)cc2CN)[C@@H](O)[C@H]1O. The van der Waals surface area contributed by atoms with Gasteiger partial charge in [0.05, 0.1) is 17.8 Å². The zero-order chi connectivity index (χ0) is 19.1. The van der Waals surface area contributed by atoms with Crippen LogP contribution in [0.15, 0.2) is 36.8 Å². The fraction of sp³-hybridized carbons (Fsp3) is 0.400. The number of halogens is 1. The molecule has 6 nitrogen and oxygen atoms in total. The predicted molar refractivity (Wildman–Crippen MR) is 99.4 cm³/mol. The van der Waals surface area contributed by atoms with Crippen LogP contribution in [0.3, 0.4) is 0 Å². The van der Waals surface area contributed by atoms with Crippen molar-refractivity contribution >= 4 is 11.0 Å². The monoisotopic (exact) mass is 370 g/mol. The van der Waals surface area contributed by atoms with E-state index in [2.05, 4.69) is 9.97 Å². The maximum atomic E-state index is 13.5. The number of fused-ring (bicyclic) bond motifs is 1. The number of nitrogens with two attached hydrogens (primary N) is 1. The normalized spacial score (nSPS) is 25.4. The molecule has 0 amide bonds. The maximum Gasteiger partial charge on any atom is 0.143 e. The number of aromatic nitrogens is 3. The van der Waals surface area contributed by atoms with E-state index in [0.717, 1.165) is 27.9 Å². The summed E-state index contributed by atoms with van der Waals surface area (Å²) in [5, 5.41) is 22.2. The van der Waals surface area contributed by atoms with Gasteiger partial charge < -0.3 is 20.5 Å². The van der Waals surface area contributed by atoms with Crippen LogP contribution in [-0.2, 0) is 13.0 Å². The van der Waals surface area contributed by atoms with Crippen LogP contribution in [0.2, 0.25) is 0 Å². The van der Waals surface area contributed by atoms with Gasteiger partial charge in [-0.15, -0.1) is 0 Å². The van der Waals surface area contributed by atoms with Gasteiger partial charge in [0.1, 0.15) is 23.9 Å². The lowest BCUT2D eigenvalue weighted by Crippen LogP contribution is -2.30. The van der Waals surface area contributed by atoms with Crippen LogP contribution in [0, 0.1) is 18.7 Å². The van der Waals surface area contributed by atoms with Crippen molar-refractivity contribution in [2.75, 3.05) is 0 Å². The van der Waals surface area contributed by atoms with Crippen LogP contribution >= 0.6 is 0 Å². The van der Waals surface area contributed by atoms with Gasteiger partial charge in [0.2, 0.25) is 0 Å². The van der Waals surface area contributed by atoms with E-state index in [4.69, 9.17) is 5.73 Å². The molecule has 27 heavy (non-hydrogen) atoms. The van der Waals surface area contributed by atoms with E-state index in [1.165, 1.54) is 18.5 Å². The van der Waals surface area contributed by atoms with E-state index < -0.39 is 12.2 Å². The molecule has 4 atom stereocenters. The summed E-state index contributed by atoms with van der Waals surface area (Å²) in [6, 6.07) is 6.21. The Balaban J connectivity index is 1.62. The van der Waals surface area contributed by atoms with Crippen molar-refractivity contribution in [1.29, 1.82) is 0 Å². The summed E-state index contributed by atoms with van der Waals surface area (Å²) in [6.07, 6.45) is 2.76. The maximum absolute atomic E-state index is 13.5. The van der Waals surface area contributed by atoms with Crippen molar-refractivity contribution in [2.45, 2.75) is 44.6 Å². The minimum Gasteiger partial charge on any atom is -0.390 e. The standard InChI is InChI=1S/C20H23FN4O2/c1-11-16-4-5-25(20(16)24-10-23-11)17-8-13(18(26)19(17)27)6-12-2-3-15(21)7-14(12)9-22/h2-5,7,10,13,17-19,26-27H,6,8-9,22H2,1H3/t13-,17+,18+,19-/m0/s1. The van der Waals surface area contributed by atoms with Gasteiger partial charge in [-0.3, -0.25) is 0 Å². The zero-order valence-corrected chi connectivity index (χ0v) is 15.1. The minimum absolute atomic E-state index is 0.152. The van der Waals surface area contributed by atoms with Gasteiger partial charge in [-0.05, 0) is 55.0 Å². The van der Waals surface area contributed by atoms with Crippen LogP contribution in [0.5, 0.6) is 0 Å². The van der Waals surface area contributed by atoms with Crippen molar-refractivity contribution in [3.8, 4) is 0 Å². The van der Waals surface area contributed by atoms with Crippen LogP contribution in [0.1, 0.15) is 29.3 Å². The molecule has 1 aliphatic carbocycles. The second kappa shape index (κ2) is 6.99. The quantitative estimate of drug-likeness (QED) is 0.651. The molecule has 0 radical (unpaired) electrons. The van der Waals surface area contributed by atoms with Crippen LogP contribution in [0.25, 0.3) is 11.0 Å². The first-order valence-corrected chi connectivity index (χ1v) is 9.11. The van der Waals surface area contributed by atoms with Gasteiger partial charge in [-0.2, -0.15) is 0 Å². The Kier molecular flexibility index (Phi) is 4.67. The van der Waals surface area contributed by atoms with Crippen molar-refractivity contribution in [3.05, 3.63) is 59.4 Å². The number of nitrogens with zero attached hydrogens (tertiary/aromatic N) is 3. The molecule has 1 saturated carbocycles. The average molecular weight is 370 g/mol. The van der Waals surface area contributed by atoms with Gasteiger partial charge in [0.15, 0.2) is 0 Å². The first kappa shape index (κ1) is 18.0. The van der Waals surface area contributed by atoms with E-state index in [-0.39, 0.29) is 24.3 Å². The molecule has 1 fully saturated rings. The molecule has 0 spiro atoms. The molecular weight excluding hydrogens is 347 g/mol. The highest BCUT2D eigenvalue weighted by Gasteiger charge is 2.42. The van der Waals surface area contributed by atoms with Crippen LogP contribution < -0.4 is 5.73 Å². The summed E-state index contributed by atoms with van der Waals surface area (Å²) < 4.78 is 15.4. The summed E-state index contributed by atoms with van der Waals surface area (Å²) in [5.41, 5.74) is 9.01. The molecule has 1 aliphatic rings. The third-order valence-corrected chi connectivity index (χ3v) is 5.71. The smallest absolute Gasteiger partial charge is 0.143 e. The average Bonchev–Trinajstić information content (AvgIpc) is 3.20. The van der Waals surface area contributed by atoms with Crippen LogP contribution in [0.4, 0.5) is 4.39 Å². The summed E-state index contributed by atoms with van der Waals surface area (Å²) in [7, 11) is 0. The summed E-state index contributed by atoms with van der Waals surface area (Å²) in [6.45, 7) is 2.15. The molecule has 1 aromatic carbocycles. The Bertz CT molecular complexity index is 974. The molecule has 4 rings (SSSR count). The topological polar surface area (TPSA) is 97.2 Å². The number of hydrogen-bond acceptors (Lipinski definition) is 5. The molecule has 142 valence electrons. The van der Waals surface area contributed by atoms with Gasteiger partial charge in [0.25, 0.3) is 0 Å². The lowest BCUT2D eigenvalue weighted by molar-refractivity contribution is 0.00680.